The summed E-state index contributed by atoms with van der Waals surface area (Å²) >= 11 is 0. The highest BCUT2D eigenvalue weighted by molar-refractivity contribution is 5.81. The molecule has 1 aliphatic heterocycles. The van der Waals surface area contributed by atoms with Crippen LogP contribution in [-0.4, -0.2) is 49.3 Å². The molecule has 3 aromatic rings. The zero-order valence-corrected chi connectivity index (χ0v) is 13.7. The number of amides is 1. The first-order valence-corrected chi connectivity index (χ1v) is 8.19. The van der Waals surface area contributed by atoms with E-state index in [0.717, 1.165) is 23.9 Å². The molecule has 1 aromatic carbocycles. The van der Waals surface area contributed by atoms with Crippen LogP contribution in [0.5, 0.6) is 0 Å². The number of hydrogen-bond acceptors (Lipinski definition) is 6. The molecule has 0 aliphatic carbocycles. The highest BCUT2D eigenvalue weighted by Gasteiger charge is 2.30. The highest BCUT2D eigenvalue weighted by Crippen LogP contribution is 2.33. The zero-order chi connectivity index (χ0) is 17.4. The quantitative estimate of drug-likeness (QED) is 0.721. The van der Waals surface area contributed by atoms with E-state index in [-0.39, 0.29) is 17.6 Å². The summed E-state index contributed by atoms with van der Waals surface area (Å²) in [5.41, 5.74) is 1.30. The third-order valence-electron chi connectivity index (χ3n) is 4.77. The summed E-state index contributed by atoms with van der Waals surface area (Å²) in [5, 5.41) is 15.9. The van der Waals surface area contributed by atoms with Crippen LogP contribution < -0.4 is 0 Å². The first kappa shape index (κ1) is 15.7. The lowest BCUT2D eigenvalue weighted by molar-refractivity contribution is -0.135. The Hall–Kier alpha value is -2.84. The molecule has 1 saturated heterocycles. The molecule has 0 bridgehead atoms. The maximum Gasteiger partial charge on any atom is 0.247 e. The molecule has 9 heteroatoms. The lowest BCUT2D eigenvalue weighted by Gasteiger charge is -2.32. The van der Waals surface area contributed by atoms with Crippen molar-refractivity contribution in [2.24, 2.45) is 0 Å². The lowest BCUT2D eigenvalue weighted by Crippen LogP contribution is -2.41. The van der Waals surface area contributed by atoms with E-state index in [1.807, 2.05) is 4.90 Å². The minimum atomic E-state index is -0.428. The van der Waals surface area contributed by atoms with Crippen LogP contribution in [0.25, 0.3) is 11.0 Å². The molecule has 8 nitrogen and oxygen atoms in total. The third-order valence-corrected chi connectivity index (χ3v) is 4.77. The van der Waals surface area contributed by atoms with E-state index in [2.05, 4.69) is 20.7 Å². The predicted octanol–water partition coefficient (Wildman–Crippen LogP) is 1.92. The van der Waals surface area contributed by atoms with Crippen LogP contribution in [0.3, 0.4) is 0 Å². The van der Waals surface area contributed by atoms with Gasteiger partial charge in [-0.1, -0.05) is 5.16 Å². The minimum Gasteiger partial charge on any atom is -0.356 e. The van der Waals surface area contributed by atoms with E-state index in [9.17, 15) is 9.18 Å². The van der Waals surface area contributed by atoms with Gasteiger partial charge in [0.25, 0.3) is 0 Å². The Morgan fingerprint density at radius 1 is 1.36 bits per heavy atom. The van der Waals surface area contributed by atoms with Gasteiger partial charge in [0.05, 0.1) is 5.69 Å². The summed E-state index contributed by atoms with van der Waals surface area (Å²) in [6.07, 6.45) is 3.01. The number of likely N-dealkylation sites (tertiary alicyclic amines) is 1. The molecule has 130 valence electrons. The Morgan fingerprint density at radius 2 is 2.16 bits per heavy atom. The van der Waals surface area contributed by atoms with Crippen LogP contribution in [0.1, 0.15) is 37.4 Å². The molecule has 0 saturated carbocycles. The van der Waals surface area contributed by atoms with Gasteiger partial charge in [0.15, 0.2) is 5.58 Å². The van der Waals surface area contributed by atoms with Crippen molar-refractivity contribution in [3.8, 4) is 0 Å². The first-order valence-electron chi connectivity index (χ1n) is 8.19. The molecule has 2 aromatic heterocycles. The normalized spacial score (nSPS) is 17.1. The maximum absolute atomic E-state index is 13.3. The van der Waals surface area contributed by atoms with Crippen LogP contribution >= 0.6 is 0 Å². The molecule has 0 radical (unpaired) electrons. The van der Waals surface area contributed by atoms with Gasteiger partial charge in [-0.05, 0) is 42.3 Å². The summed E-state index contributed by atoms with van der Waals surface area (Å²) in [6, 6.07) is 4.03. The average Bonchev–Trinajstić information content (AvgIpc) is 3.30. The van der Waals surface area contributed by atoms with Crippen molar-refractivity contribution in [2.45, 2.75) is 31.7 Å². The van der Waals surface area contributed by atoms with Crippen molar-refractivity contribution in [3.63, 3.8) is 0 Å². The number of hydrogen-bond donors (Lipinski definition) is 0. The molecule has 1 fully saturated rings. The fraction of sp³-hybridized carbons (Fsp3) is 0.438. The van der Waals surface area contributed by atoms with Gasteiger partial charge in [0.2, 0.25) is 5.91 Å². The molecule has 0 unspecified atom stereocenters. The van der Waals surface area contributed by atoms with Crippen molar-refractivity contribution < 1.29 is 13.7 Å². The number of piperidine rings is 1. The van der Waals surface area contributed by atoms with Gasteiger partial charge in [0.1, 0.15) is 18.2 Å². The number of carbonyl (C=O) groups is 1. The van der Waals surface area contributed by atoms with Gasteiger partial charge in [-0.15, -0.1) is 5.10 Å². The standard InChI is InChI=1S/C16H17FN6O2/c1-10(23-9-18-20-21-23)16(24)22-6-4-11(5-7-22)15-13-3-2-12(17)8-14(13)25-19-15/h2-3,8-11H,4-7H2,1H3/t10-/m0/s1. The maximum atomic E-state index is 13.3. The number of rotatable bonds is 3. The van der Waals surface area contributed by atoms with Crippen LogP contribution in [0, 0.1) is 5.82 Å². The highest BCUT2D eigenvalue weighted by atomic mass is 19.1. The molecular formula is C16H17FN6O2. The molecule has 3 heterocycles. The number of aromatic nitrogens is 5. The van der Waals surface area contributed by atoms with Crippen LogP contribution in [0.4, 0.5) is 4.39 Å². The van der Waals surface area contributed by atoms with E-state index in [1.54, 1.807) is 13.0 Å². The molecule has 0 N–H and O–H groups in total. The van der Waals surface area contributed by atoms with Gasteiger partial charge in [-0.2, -0.15) is 0 Å². The Labute approximate surface area is 142 Å². The topological polar surface area (TPSA) is 89.9 Å². The zero-order valence-electron chi connectivity index (χ0n) is 13.7. The fourth-order valence-electron chi connectivity index (χ4n) is 3.32. The van der Waals surface area contributed by atoms with Crippen molar-refractivity contribution in [1.82, 2.24) is 30.3 Å². The van der Waals surface area contributed by atoms with E-state index in [4.69, 9.17) is 4.52 Å². The van der Waals surface area contributed by atoms with E-state index >= 15 is 0 Å². The fourth-order valence-corrected chi connectivity index (χ4v) is 3.32. The van der Waals surface area contributed by atoms with Crippen LogP contribution in [0.15, 0.2) is 29.0 Å². The largest absolute Gasteiger partial charge is 0.356 e. The van der Waals surface area contributed by atoms with E-state index < -0.39 is 6.04 Å². The number of tetrazole rings is 1. The van der Waals surface area contributed by atoms with Gasteiger partial charge < -0.3 is 9.42 Å². The number of carbonyl (C=O) groups excluding carboxylic acids is 1. The summed E-state index contributed by atoms with van der Waals surface area (Å²) in [5.74, 6) is -0.149. The lowest BCUT2D eigenvalue weighted by atomic mass is 9.91. The summed E-state index contributed by atoms with van der Waals surface area (Å²) < 4.78 is 20.0. The summed E-state index contributed by atoms with van der Waals surface area (Å²) in [6.45, 7) is 3.04. The van der Waals surface area contributed by atoms with Crippen molar-refractivity contribution in [2.75, 3.05) is 13.1 Å². The minimum absolute atomic E-state index is 0.00201. The Balaban J connectivity index is 1.45. The molecule has 1 amide bonds. The molecule has 0 spiro atoms. The van der Waals surface area contributed by atoms with Gasteiger partial charge in [-0.25, -0.2) is 9.07 Å². The molecule has 25 heavy (non-hydrogen) atoms. The smallest absolute Gasteiger partial charge is 0.247 e. The number of halogens is 1. The number of nitrogens with zero attached hydrogens (tertiary/aromatic N) is 6. The second-order valence-corrected chi connectivity index (χ2v) is 6.27. The van der Waals surface area contributed by atoms with Gasteiger partial charge in [-0.3, -0.25) is 4.79 Å². The third kappa shape index (κ3) is 2.86. The second kappa shape index (κ2) is 6.23. The average molecular weight is 344 g/mol. The SMILES string of the molecule is C[C@@H](C(=O)N1CCC(c2noc3cc(F)ccc23)CC1)n1cnnn1. The monoisotopic (exact) mass is 344 g/mol. The molecular weight excluding hydrogens is 327 g/mol. The summed E-state index contributed by atoms with van der Waals surface area (Å²) in [7, 11) is 0. The van der Waals surface area contributed by atoms with E-state index in [0.29, 0.717) is 18.7 Å². The van der Waals surface area contributed by atoms with Crippen molar-refractivity contribution in [3.05, 3.63) is 36.0 Å². The Morgan fingerprint density at radius 3 is 2.88 bits per heavy atom. The van der Waals surface area contributed by atoms with Gasteiger partial charge >= 0.3 is 0 Å². The van der Waals surface area contributed by atoms with Crippen LogP contribution in [-0.2, 0) is 4.79 Å². The van der Waals surface area contributed by atoms with Gasteiger partial charge in [0, 0.05) is 30.5 Å². The Bertz CT molecular complexity index is 885. The number of benzene rings is 1. The predicted molar refractivity (Wildman–Crippen MR) is 85.1 cm³/mol. The number of fused-ring (bicyclic) bond motifs is 1. The van der Waals surface area contributed by atoms with Crippen molar-refractivity contribution >= 4 is 16.9 Å². The van der Waals surface area contributed by atoms with Crippen LogP contribution in [0.2, 0.25) is 0 Å². The van der Waals surface area contributed by atoms with Crippen molar-refractivity contribution in [1.29, 1.82) is 0 Å². The molecule has 4 rings (SSSR count). The van der Waals surface area contributed by atoms with E-state index in [1.165, 1.54) is 23.1 Å². The Kier molecular flexibility index (Phi) is 3.90. The first-order chi connectivity index (χ1) is 12.1. The molecule has 1 atom stereocenters. The summed E-state index contributed by atoms with van der Waals surface area (Å²) in [4.78, 5) is 14.4. The molecule has 1 aliphatic rings. The second-order valence-electron chi connectivity index (χ2n) is 6.27.